The number of aromatic nitrogens is 2. The first-order chi connectivity index (χ1) is 7.88. The van der Waals surface area contributed by atoms with Crippen molar-refractivity contribution in [3.8, 4) is 0 Å². The van der Waals surface area contributed by atoms with E-state index in [-0.39, 0.29) is 0 Å². The summed E-state index contributed by atoms with van der Waals surface area (Å²) in [6.45, 7) is 3.86. The molecule has 2 aromatic rings. The molecule has 0 saturated carbocycles. The Morgan fingerprint density at radius 2 is 2.06 bits per heavy atom. The van der Waals surface area contributed by atoms with Crippen molar-refractivity contribution in [2.45, 2.75) is 26.4 Å². The van der Waals surface area contributed by atoms with Crippen molar-refractivity contribution < 1.29 is 0 Å². The van der Waals surface area contributed by atoms with E-state index in [2.05, 4.69) is 34.6 Å². The van der Waals surface area contributed by atoms with Crippen LogP contribution < -0.4 is 5.32 Å². The predicted molar refractivity (Wildman–Crippen MR) is 66.3 cm³/mol. The number of rotatable bonds is 5. The lowest BCUT2D eigenvalue weighted by Crippen LogP contribution is -2.12. The lowest BCUT2D eigenvalue weighted by atomic mass is 10.3. The van der Waals surface area contributed by atoms with Gasteiger partial charge >= 0.3 is 0 Å². The molecule has 0 fully saturated rings. The molecule has 0 aliphatic carbocycles. The van der Waals surface area contributed by atoms with E-state index in [1.807, 2.05) is 23.5 Å². The van der Waals surface area contributed by atoms with E-state index in [4.69, 9.17) is 0 Å². The Bertz CT molecular complexity index is 425. The van der Waals surface area contributed by atoms with Gasteiger partial charge in [0.15, 0.2) is 0 Å². The van der Waals surface area contributed by atoms with E-state index in [1.54, 1.807) is 6.20 Å². The molecule has 3 nitrogen and oxygen atoms in total. The van der Waals surface area contributed by atoms with Crippen LogP contribution in [0.5, 0.6) is 0 Å². The second-order valence-electron chi connectivity index (χ2n) is 3.54. The number of nitrogens with one attached hydrogen (secondary N) is 1. The molecule has 0 aliphatic rings. The van der Waals surface area contributed by atoms with Crippen molar-refractivity contribution in [3.63, 3.8) is 0 Å². The zero-order valence-corrected chi connectivity index (χ0v) is 10.1. The van der Waals surface area contributed by atoms with E-state index in [1.165, 1.54) is 9.75 Å². The van der Waals surface area contributed by atoms with Crippen LogP contribution in [-0.2, 0) is 19.5 Å². The third kappa shape index (κ3) is 3.12. The van der Waals surface area contributed by atoms with E-state index in [0.29, 0.717) is 0 Å². The minimum absolute atomic E-state index is 0.771. The summed E-state index contributed by atoms with van der Waals surface area (Å²) in [4.78, 5) is 2.82. The van der Waals surface area contributed by atoms with Crippen molar-refractivity contribution in [1.82, 2.24) is 15.5 Å². The van der Waals surface area contributed by atoms with Crippen molar-refractivity contribution in [1.29, 1.82) is 0 Å². The molecule has 16 heavy (non-hydrogen) atoms. The Balaban J connectivity index is 1.80. The highest BCUT2D eigenvalue weighted by Crippen LogP contribution is 2.16. The molecule has 4 heteroatoms. The highest BCUT2D eigenvalue weighted by molar-refractivity contribution is 7.11. The first-order valence-corrected chi connectivity index (χ1v) is 6.25. The van der Waals surface area contributed by atoms with Crippen LogP contribution in [-0.4, -0.2) is 10.2 Å². The molecule has 0 saturated heterocycles. The van der Waals surface area contributed by atoms with Crippen LogP contribution in [0.25, 0.3) is 0 Å². The minimum Gasteiger partial charge on any atom is -0.306 e. The minimum atomic E-state index is 0.771. The summed E-state index contributed by atoms with van der Waals surface area (Å²) in [6.07, 6.45) is 2.81. The molecular weight excluding hydrogens is 218 g/mol. The molecule has 0 spiro atoms. The first-order valence-electron chi connectivity index (χ1n) is 5.43. The summed E-state index contributed by atoms with van der Waals surface area (Å²) in [6, 6.07) is 8.27. The standard InChI is InChI=1S/C12H15N3S/c1-2-11-5-6-12(16-11)9-13-8-10-4-3-7-14-15-10/h3-7,13H,2,8-9H2,1H3. The normalized spacial score (nSPS) is 10.6. The Labute approximate surface area is 99.5 Å². The number of thiophene rings is 1. The smallest absolute Gasteiger partial charge is 0.0769 e. The van der Waals surface area contributed by atoms with Crippen LogP contribution in [0.2, 0.25) is 0 Å². The highest BCUT2D eigenvalue weighted by Gasteiger charge is 1.98. The second kappa shape index (κ2) is 5.72. The second-order valence-corrected chi connectivity index (χ2v) is 4.79. The lowest BCUT2D eigenvalue weighted by Gasteiger charge is -2.01. The lowest BCUT2D eigenvalue weighted by molar-refractivity contribution is 0.676. The van der Waals surface area contributed by atoms with Crippen molar-refractivity contribution in [3.05, 3.63) is 45.9 Å². The summed E-state index contributed by atoms with van der Waals surface area (Å²) < 4.78 is 0. The largest absolute Gasteiger partial charge is 0.306 e. The Morgan fingerprint density at radius 1 is 1.19 bits per heavy atom. The summed E-state index contributed by atoms with van der Waals surface area (Å²) in [7, 11) is 0. The molecule has 2 heterocycles. The molecule has 0 amide bonds. The first kappa shape index (κ1) is 11.2. The van der Waals surface area contributed by atoms with Gasteiger partial charge in [-0.05, 0) is 30.7 Å². The maximum absolute atomic E-state index is 4.02. The van der Waals surface area contributed by atoms with Gasteiger partial charge in [0.25, 0.3) is 0 Å². The van der Waals surface area contributed by atoms with Gasteiger partial charge in [-0.1, -0.05) is 6.92 Å². The molecule has 0 radical (unpaired) electrons. The Hall–Kier alpha value is -1.26. The zero-order valence-electron chi connectivity index (χ0n) is 9.31. The fraction of sp³-hybridized carbons (Fsp3) is 0.333. The Morgan fingerprint density at radius 3 is 2.75 bits per heavy atom. The van der Waals surface area contributed by atoms with Crippen molar-refractivity contribution >= 4 is 11.3 Å². The molecule has 0 bridgehead atoms. The van der Waals surface area contributed by atoms with Gasteiger partial charge in [0.2, 0.25) is 0 Å². The molecule has 2 rings (SSSR count). The molecule has 0 unspecified atom stereocenters. The van der Waals surface area contributed by atoms with Crippen LogP contribution in [0.4, 0.5) is 0 Å². The number of hydrogen-bond donors (Lipinski definition) is 1. The van der Waals surface area contributed by atoms with Gasteiger partial charge in [0, 0.05) is 29.0 Å². The molecule has 0 atom stereocenters. The van der Waals surface area contributed by atoms with E-state index >= 15 is 0 Å². The third-order valence-electron chi connectivity index (χ3n) is 2.30. The molecule has 1 N–H and O–H groups in total. The molecule has 84 valence electrons. The maximum atomic E-state index is 4.02. The predicted octanol–water partition coefficient (Wildman–Crippen LogP) is 2.39. The van der Waals surface area contributed by atoms with E-state index in [0.717, 1.165) is 25.2 Å². The summed E-state index contributed by atoms with van der Waals surface area (Å²) in [5.41, 5.74) is 0.981. The van der Waals surface area contributed by atoms with Crippen LogP contribution in [0.15, 0.2) is 30.5 Å². The Kier molecular flexibility index (Phi) is 4.02. The topological polar surface area (TPSA) is 37.8 Å². The summed E-state index contributed by atoms with van der Waals surface area (Å²) in [5.74, 6) is 0. The van der Waals surface area contributed by atoms with Crippen molar-refractivity contribution in [2.24, 2.45) is 0 Å². The fourth-order valence-electron chi connectivity index (χ4n) is 1.45. The highest BCUT2D eigenvalue weighted by atomic mass is 32.1. The summed E-state index contributed by atoms with van der Waals surface area (Å²) in [5, 5.41) is 11.2. The van der Waals surface area contributed by atoms with Gasteiger partial charge in [0.05, 0.1) is 5.69 Å². The molecule has 0 aromatic carbocycles. The third-order valence-corrected chi connectivity index (χ3v) is 3.53. The van der Waals surface area contributed by atoms with E-state index < -0.39 is 0 Å². The van der Waals surface area contributed by atoms with Gasteiger partial charge in [0.1, 0.15) is 0 Å². The van der Waals surface area contributed by atoms with Gasteiger partial charge in [-0.3, -0.25) is 0 Å². The maximum Gasteiger partial charge on any atom is 0.0769 e. The molecular formula is C12H15N3S. The van der Waals surface area contributed by atoms with Crippen LogP contribution in [0, 0.1) is 0 Å². The zero-order chi connectivity index (χ0) is 11.2. The molecule has 2 aromatic heterocycles. The average molecular weight is 233 g/mol. The van der Waals surface area contributed by atoms with Crippen LogP contribution in [0.1, 0.15) is 22.4 Å². The summed E-state index contributed by atoms with van der Waals surface area (Å²) >= 11 is 1.87. The van der Waals surface area contributed by atoms with Crippen molar-refractivity contribution in [2.75, 3.05) is 0 Å². The fourth-order valence-corrected chi connectivity index (χ4v) is 2.38. The number of nitrogens with zero attached hydrogens (tertiary/aromatic N) is 2. The van der Waals surface area contributed by atoms with Gasteiger partial charge in [-0.2, -0.15) is 10.2 Å². The van der Waals surface area contributed by atoms with Crippen LogP contribution >= 0.6 is 11.3 Å². The van der Waals surface area contributed by atoms with Gasteiger partial charge in [-0.15, -0.1) is 11.3 Å². The molecule has 0 aliphatic heterocycles. The average Bonchev–Trinajstić information content (AvgIpc) is 2.78. The SMILES string of the molecule is CCc1ccc(CNCc2cccnn2)s1. The van der Waals surface area contributed by atoms with Gasteiger partial charge < -0.3 is 5.32 Å². The van der Waals surface area contributed by atoms with Crippen LogP contribution in [0.3, 0.4) is 0 Å². The number of aryl methyl sites for hydroxylation is 1. The van der Waals surface area contributed by atoms with E-state index in [9.17, 15) is 0 Å². The van der Waals surface area contributed by atoms with Gasteiger partial charge in [-0.25, -0.2) is 0 Å². The quantitative estimate of drug-likeness (QED) is 0.861. The number of hydrogen-bond acceptors (Lipinski definition) is 4. The monoisotopic (exact) mass is 233 g/mol.